The Hall–Kier alpha value is -1.45. The van der Waals surface area contributed by atoms with Crippen molar-refractivity contribution in [2.75, 3.05) is 0 Å². The first-order valence-corrected chi connectivity index (χ1v) is 4.78. The van der Waals surface area contributed by atoms with Crippen LogP contribution in [-0.4, -0.2) is 21.0 Å². The zero-order valence-corrected chi connectivity index (χ0v) is 7.81. The third-order valence-electron chi connectivity index (χ3n) is 2.60. The Morgan fingerprint density at radius 1 is 1.50 bits per heavy atom. The number of rotatable bonds is 3. The minimum atomic E-state index is -0.844. The normalized spacial score (nSPS) is 16.3. The minimum Gasteiger partial charge on any atom is -0.481 e. The van der Waals surface area contributed by atoms with E-state index in [2.05, 4.69) is 9.97 Å². The number of carboxylic acid groups (broad SMARTS) is 1. The Balaban J connectivity index is 2.13. The van der Waals surface area contributed by atoms with Gasteiger partial charge in [-0.3, -0.25) is 4.79 Å². The van der Waals surface area contributed by atoms with Crippen LogP contribution in [-0.2, 0) is 11.2 Å². The average Bonchev–Trinajstić information content (AvgIpc) is 1.99. The van der Waals surface area contributed by atoms with Crippen LogP contribution in [0.2, 0.25) is 0 Å². The second-order valence-corrected chi connectivity index (χ2v) is 3.63. The molecule has 0 atom stereocenters. The number of hydrogen-bond donors (Lipinski definition) is 1. The van der Waals surface area contributed by atoms with Gasteiger partial charge in [0.15, 0.2) is 0 Å². The van der Waals surface area contributed by atoms with Crippen molar-refractivity contribution in [2.24, 2.45) is 0 Å². The number of carbonyl (C=O) groups is 1. The maximum atomic E-state index is 10.5. The van der Waals surface area contributed by atoms with Gasteiger partial charge in [-0.15, -0.1) is 0 Å². The van der Waals surface area contributed by atoms with E-state index in [-0.39, 0.29) is 6.42 Å². The highest BCUT2D eigenvalue weighted by Gasteiger charge is 2.21. The summed E-state index contributed by atoms with van der Waals surface area (Å²) in [5.74, 6) is -0.311. The lowest BCUT2D eigenvalue weighted by molar-refractivity contribution is -0.136. The predicted octanol–water partition coefficient (Wildman–Crippen LogP) is 1.37. The SMILES string of the molecule is O=C(O)Cc1cc(C2CCC2)ncn1. The maximum absolute atomic E-state index is 10.5. The number of aliphatic carboxylic acids is 1. The molecule has 0 aromatic carbocycles. The van der Waals surface area contributed by atoms with Crippen molar-refractivity contribution >= 4 is 5.97 Å². The molecule has 2 rings (SSSR count). The molecule has 0 aliphatic heterocycles. The van der Waals surface area contributed by atoms with E-state index in [1.807, 2.05) is 6.07 Å². The molecule has 0 bridgehead atoms. The van der Waals surface area contributed by atoms with Gasteiger partial charge in [0.05, 0.1) is 12.1 Å². The second kappa shape index (κ2) is 3.74. The zero-order chi connectivity index (χ0) is 9.97. The van der Waals surface area contributed by atoms with Crippen LogP contribution >= 0.6 is 0 Å². The lowest BCUT2D eigenvalue weighted by atomic mass is 9.82. The van der Waals surface area contributed by atoms with Gasteiger partial charge in [-0.25, -0.2) is 9.97 Å². The molecule has 1 N–H and O–H groups in total. The fourth-order valence-electron chi connectivity index (χ4n) is 1.59. The number of aromatic nitrogens is 2. The topological polar surface area (TPSA) is 63.1 Å². The predicted molar refractivity (Wildman–Crippen MR) is 50.0 cm³/mol. The summed E-state index contributed by atoms with van der Waals surface area (Å²) in [7, 11) is 0. The molecular weight excluding hydrogens is 180 g/mol. The van der Waals surface area contributed by atoms with E-state index in [0.29, 0.717) is 11.6 Å². The molecule has 1 saturated carbocycles. The van der Waals surface area contributed by atoms with Crippen LogP contribution in [0.15, 0.2) is 12.4 Å². The van der Waals surface area contributed by atoms with Crippen molar-refractivity contribution in [1.29, 1.82) is 0 Å². The molecule has 0 unspecified atom stereocenters. The van der Waals surface area contributed by atoms with Crippen molar-refractivity contribution in [3.63, 3.8) is 0 Å². The zero-order valence-electron chi connectivity index (χ0n) is 7.81. The molecule has 4 heteroatoms. The van der Waals surface area contributed by atoms with Gasteiger partial charge in [0.2, 0.25) is 0 Å². The van der Waals surface area contributed by atoms with E-state index >= 15 is 0 Å². The molecule has 1 aliphatic rings. The molecule has 0 radical (unpaired) electrons. The van der Waals surface area contributed by atoms with E-state index in [4.69, 9.17) is 5.11 Å². The summed E-state index contributed by atoms with van der Waals surface area (Å²) in [5, 5.41) is 8.61. The Morgan fingerprint density at radius 2 is 2.29 bits per heavy atom. The van der Waals surface area contributed by atoms with Crippen LogP contribution in [0, 0.1) is 0 Å². The Kier molecular flexibility index (Phi) is 2.43. The molecule has 74 valence electrons. The minimum absolute atomic E-state index is 0.0117. The third-order valence-corrected chi connectivity index (χ3v) is 2.60. The molecule has 4 nitrogen and oxygen atoms in total. The van der Waals surface area contributed by atoms with E-state index < -0.39 is 5.97 Å². The quantitative estimate of drug-likeness (QED) is 0.785. The first kappa shape index (κ1) is 9.12. The monoisotopic (exact) mass is 192 g/mol. The first-order valence-electron chi connectivity index (χ1n) is 4.78. The Bertz CT molecular complexity index is 348. The standard InChI is InChI=1S/C10H12N2O2/c13-10(14)5-8-4-9(12-6-11-8)7-2-1-3-7/h4,6-7H,1-3,5H2,(H,13,14). The van der Waals surface area contributed by atoms with Gasteiger partial charge in [-0.2, -0.15) is 0 Å². The van der Waals surface area contributed by atoms with Crippen LogP contribution in [0.1, 0.15) is 36.6 Å². The number of nitrogens with zero attached hydrogens (tertiary/aromatic N) is 2. The highest BCUT2D eigenvalue weighted by Crippen LogP contribution is 2.34. The maximum Gasteiger partial charge on any atom is 0.309 e. The van der Waals surface area contributed by atoms with Crippen molar-refractivity contribution in [3.05, 3.63) is 23.8 Å². The van der Waals surface area contributed by atoms with E-state index in [0.717, 1.165) is 5.69 Å². The fourth-order valence-corrected chi connectivity index (χ4v) is 1.59. The smallest absolute Gasteiger partial charge is 0.309 e. The van der Waals surface area contributed by atoms with E-state index in [9.17, 15) is 4.79 Å². The summed E-state index contributed by atoms with van der Waals surface area (Å²) in [4.78, 5) is 18.6. The van der Waals surface area contributed by atoms with Crippen LogP contribution in [0.3, 0.4) is 0 Å². The summed E-state index contributed by atoms with van der Waals surface area (Å²) >= 11 is 0. The van der Waals surface area contributed by atoms with Crippen LogP contribution in [0.25, 0.3) is 0 Å². The van der Waals surface area contributed by atoms with Crippen LogP contribution in [0.5, 0.6) is 0 Å². The molecule has 14 heavy (non-hydrogen) atoms. The molecule has 1 aromatic rings. The molecule has 1 aromatic heterocycles. The molecule has 1 aliphatic carbocycles. The average molecular weight is 192 g/mol. The largest absolute Gasteiger partial charge is 0.481 e. The van der Waals surface area contributed by atoms with Gasteiger partial charge < -0.3 is 5.11 Å². The molecule has 1 heterocycles. The third kappa shape index (κ3) is 1.89. The second-order valence-electron chi connectivity index (χ2n) is 3.63. The van der Waals surface area contributed by atoms with Gasteiger partial charge in [0.1, 0.15) is 6.33 Å². The first-order chi connectivity index (χ1) is 6.75. The molecule has 1 fully saturated rings. The summed E-state index contributed by atoms with van der Waals surface area (Å²) in [6.07, 6.45) is 5.05. The number of carboxylic acids is 1. The molecule has 0 spiro atoms. The summed E-state index contributed by atoms with van der Waals surface area (Å²) < 4.78 is 0. The highest BCUT2D eigenvalue weighted by atomic mass is 16.4. The van der Waals surface area contributed by atoms with Crippen LogP contribution in [0.4, 0.5) is 0 Å². The lowest BCUT2D eigenvalue weighted by Gasteiger charge is -2.24. The van der Waals surface area contributed by atoms with Gasteiger partial charge in [0, 0.05) is 11.6 Å². The van der Waals surface area contributed by atoms with Gasteiger partial charge in [0.25, 0.3) is 0 Å². The van der Waals surface area contributed by atoms with Crippen molar-refractivity contribution < 1.29 is 9.90 Å². The molecule has 0 amide bonds. The summed E-state index contributed by atoms with van der Waals surface area (Å²) in [6.45, 7) is 0. The summed E-state index contributed by atoms with van der Waals surface area (Å²) in [6, 6.07) is 1.82. The fraction of sp³-hybridized carbons (Fsp3) is 0.500. The number of hydrogen-bond acceptors (Lipinski definition) is 3. The van der Waals surface area contributed by atoms with Gasteiger partial charge in [-0.05, 0) is 18.9 Å². The van der Waals surface area contributed by atoms with Crippen molar-refractivity contribution in [2.45, 2.75) is 31.6 Å². The van der Waals surface area contributed by atoms with E-state index in [1.54, 1.807) is 0 Å². The Morgan fingerprint density at radius 3 is 2.86 bits per heavy atom. The van der Waals surface area contributed by atoms with Crippen LogP contribution < -0.4 is 0 Å². The molecule has 0 saturated heterocycles. The van der Waals surface area contributed by atoms with Crippen molar-refractivity contribution in [3.8, 4) is 0 Å². The highest BCUT2D eigenvalue weighted by molar-refractivity contribution is 5.69. The summed E-state index contributed by atoms with van der Waals surface area (Å²) in [5.41, 5.74) is 1.61. The molecular formula is C10H12N2O2. The Labute approximate surface area is 82.0 Å². The van der Waals surface area contributed by atoms with Gasteiger partial charge in [-0.1, -0.05) is 6.42 Å². The van der Waals surface area contributed by atoms with Gasteiger partial charge >= 0.3 is 5.97 Å². The van der Waals surface area contributed by atoms with E-state index in [1.165, 1.54) is 25.6 Å². The van der Waals surface area contributed by atoms with Crippen molar-refractivity contribution in [1.82, 2.24) is 9.97 Å². The lowest BCUT2D eigenvalue weighted by Crippen LogP contribution is -2.12.